The Morgan fingerprint density at radius 3 is 1.49 bits per heavy atom. The summed E-state index contributed by atoms with van der Waals surface area (Å²) >= 11 is 0. The molecular formula is C71H56. The second-order valence-electron chi connectivity index (χ2n) is 23.1. The Hall–Kier alpha value is -7.80. The van der Waals surface area contributed by atoms with Crippen LogP contribution in [0.4, 0.5) is 0 Å². The Morgan fingerprint density at radius 2 is 0.789 bits per heavy atom. The normalized spacial score (nSPS) is 13.7. The van der Waals surface area contributed by atoms with E-state index in [-0.39, 0.29) is 16.2 Å². The van der Waals surface area contributed by atoms with E-state index in [9.17, 15) is 0 Å². The van der Waals surface area contributed by atoms with E-state index >= 15 is 0 Å². The maximum absolute atomic E-state index is 2.57. The Labute approximate surface area is 416 Å². The van der Waals surface area contributed by atoms with Crippen molar-refractivity contribution in [2.45, 2.75) is 71.6 Å². The molecule has 0 spiro atoms. The zero-order valence-electron chi connectivity index (χ0n) is 42.0. The van der Waals surface area contributed by atoms with Crippen molar-refractivity contribution in [1.82, 2.24) is 0 Å². The molecule has 0 aliphatic heterocycles. The predicted octanol–water partition coefficient (Wildman–Crippen LogP) is 20.2. The van der Waals surface area contributed by atoms with Gasteiger partial charge in [0.1, 0.15) is 0 Å². The van der Waals surface area contributed by atoms with E-state index in [0.717, 1.165) is 0 Å². The molecule has 0 amide bonds. The number of hydrogen-bond acceptors (Lipinski definition) is 0. The summed E-state index contributed by atoms with van der Waals surface area (Å²) in [7, 11) is 0. The fraction of sp³-hybridized carbons (Fsp3) is 0.155. The third-order valence-corrected chi connectivity index (χ3v) is 16.7. The molecule has 0 saturated carbocycles. The van der Waals surface area contributed by atoms with Crippen molar-refractivity contribution in [3.8, 4) is 55.6 Å². The van der Waals surface area contributed by atoms with Crippen LogP contribution in [0.1, 0.15) is 77.6 Å². The summed E-state index contributed by atoms with van der Waals surface area (Å²) in [4.78, 5) is 0. The number of hydrogen-bond donors (Lipinski definition) is 0. The molecule has 71 heavy (non-hydrogen) atoms. The lowest BCUT2D eigenvalue weighted by Crippen LogP contribution is -2.19. The van der Waals surface area contributed by atoms with Gasteiger partial charge in [-0.3, -0.25) is 0 Å². The Morgan fingerprint density at radius 1 is 0.268 bits per heavy atom. The molecule has 0 heterocycles. The average Bonchev–Trinajstić information content (AvgIpc) is 3.97. The molecule has 0 heteroatoms. The summed E-state index contributed by atoms with van der Waals surface area (Å²) in [5, 5.41) is 18.4. The summed E-state index contributed by atoms with van der Waals surface area (Å²) in [6.45, 7) is 19.0. The van der Waals surface area contributed by atoms with Gasteiger partial charge in [-0.2, -0.15) is 0 Å². The maximum atomic E-state index is 2.57. The number of rotatable bonds is 4. The summed E-state index contributed by atoms with van der Waals surface area (Å²) in [6.07, 6.45) is 0. The Balaban J connectivity index is 1.19. The molecule has 0 radical (unpaired) electrons. The van der Waals surface area contributed by atoms with E-state index < -0.39 is 0 Å². The summed E-state index contributed by atoms with van der Waals surface area (Å²) in [6, 6.07) is 74.6. The van der Waals surface area contributed by atoms with Crippen LogP contribution in [-0.4, -0.2) is 0 Å². The van der Waals surface area contributed by atoms with E-state index in [4.69, 9.17) is 0 Å². The second-order valence-corrected chi connectivity index (χ2v) is 23.1. The molecule has 0 aromatic heterocycles. The topological polar surface area (TPSA) is 0 Å². The van der Waals surface area contributed by atoms with Crippen LogP contribution < -0.4 is 0 Å². The molecule has 14 rings (SSSR count). The van der Waals surface area contributed by atoms with Gasteiger partial charge in [0.05, 0.1) is 0 Å². The predicted molar refractivity (Wildman–Crippen MR) is 308 cm³/mol. The van der Waals surface area contributed by atoms with Crippen LogP contribution >= 0.6 is 0 Å². The van der Waals surface area contributed by atoms with E-state index in [2.05, 4.69) is 250 Å². The van der Waals surface area contributed by atoms with Gasteiger partial charge >= 0.3 is 0 Å². The molecule has 0 nitrogen and oxygen atoms in total. The highest BCUT2D eigenvalue weighted by Crippen LogP contribution is 2.59. The first kappa shape index (κ1) is 42.1. The number of benzene rings is 11. The molecule has 0 bridgehead atoms. The first-order valence-electron chi connectivity index (χ1n) is 25.6. The molecule has 1 aliphatic rings. The third kappa shape index (κ3) is 5.86. The van der Waals surface area contributed by atoms with Gasteiger partial charge in [0.25, 0.3) is 0 Å². The molecule has 1 aliphatic carbocycles. The molecular weight excluding hydrogens is 853 g/mol. The van der Waals surface area contributed by atoms with Crippen LogP contribution in [0, 0.1) is 0 Å². The van der Waals surface area contributed by atoms with Crippen molar-refractivity contribution in [3.63, 3.8) is 0 Å². The smallest absolute Gasteiger partial charge is 0.0159 e. The van der Waals surface area contributed by atoms with Crippen LogP contribution in [0.25, 0.3) is 131 Å². The fourth-order valence-electron chi connectivity index (χ4n) is 13.2. The van der Waals surface area contributed by atoms with Crippen molar-refractivity contribution in [1.29, 1.82) is 0 Å². The molecule has 0 unspecified atom stereocenters. The lowest BCUT2D eigenvalue weighted by molar-refractivity contribution is 0.580. The summed E-state index contributed by atoms with van der Waals surface area (Å²) in [5.41, 5.74) is 18.4. The zero-order chi connectivity index (χ0) is 48.3. The minimum Gasteiger partial charge on any atom is -0.0622 e. The van der Waals surface area contributed by atoms with Gasteiger partial charge in [0.2, 0.25) is 0 Å². The minimum absolute atomic E-state index is 0.0490. The molecule has 0 saturated heterocycles. The first-order valence-corrected chi connectivity index (χ1v) is 25.6. The number of fused-ring (bicyclic) bond motifs is 11. The van der Waals surface area contributed by atoms with Crippen molar-refractivity contribution in [3.05, 3.63) is 216 Å². The highest BCUT2D eigenvalue weighted by atomic mass is 14.4. The maximum Gasteiger partial charge on any atom is 0.0159 e. The van der Waals surface area contributed by atoms with Crippen LogP contribution in [0.15, 0.2) is 194 Å². The monoisotopic (exact) mass is 908 g/mol. The average molecular weight is 909 g/mol. The first-order chi connectivity index (χ1) is 34.3. The van der Waals surface area contributed by atoms with E-state index in [1.54, 1.807) is 0 Å². The van der Waals surface area contributed by atoms with Gasteiger partial charge in [-0.25, -0.2) is 0 Å². The largest absolute Gasteiger partial charge is 0.0622 e. The molecule has 0 N–H and O–H groups in total. The standard InChI is InChI=1S/C71H56/c1-69(2,3)43-33-34-52-59(38-43)71(7,8)60-39-44(70(4,5)6)37-56(64(52)60)48-35-36-55-62-51(48)30-20-32-54(62)68-65(49-28-18-15-25-45(49)41-21-11-9-12-22-41)58-40-57-47-27-17-16-26-46(47)50-29-19-31-53(63(50)57)66(58)61(67(55)68)42-23-13-10-14-24-42/h9-40H,1-8H3. The van der Waals surface area contributed by atoms with Crippen LogP contribution in [0.3, 0.4) is 0 Å². The van der Waals surface area contributed by atoms with Crippen molar-refractivity contribution >= 4 is 75.4 Å². The lowest BCUT2D eigenvalue weighted by Gasteiger charge is -2.27. The molecule has 13 aromatic rings. The Bertz CT molecular complexity index is 4340. The molecule has 0 atom stereocenters. The Kier molecular flexibility index (Phi) is 8.68. The van der Waals surface area contributed by atoms with Gasteiger partial charge in [-0.1, -0.05) is 237 Å². The fourth-order valence-corrected chi connectivity index (χ4v) is 13.2. The van der Waals surface area contributed by atoms with Gasteiger partial charge in [0.15, 0.2) is 0 Å². The minimum atomic E-state index is -0.163. The van der Waals surface area contributed by atoms with Gasteiger partial charge in [-0.05, 0) is 176 Å². The molecule has 13 aromatic carbocycles. The second kappa shape index (κ2) is 14.6. The lowest BCUT2D eigenvalue weighted by atomic mass is 9.76. The van der Waals surface area contributed by atoms with Crippen molar-refractivity contribution in [2.24, 2.45) is 0 Å². The SMILES string of the molecule is CC(C)(C)c1ccc2c(c1)C(C)(C)c1cc(C(C)(C)C)cc(-c3ccc4c5c(-c6ccccc6)c6c(cc7c8ccccc8c8cccc6c87)c(-c6ccccc6-c6ccccc6)c5c5cccc3c54)c1-2. The highest BCUT2D eigenvalue weighted by molar-refractivity contribution is 6.45. The quantitative estimate of drug-likeness (QED) is 0.154. The van der Waals surface area contributed by atoms with Gasteiger partial charge in [0, 0.05) is 5.41 Å². The van der Waals surface area contributed by atoms with E-state index in [0.29, 0.717) is 0 Å². The van der Waals surface area contributed by atoms with Crippen molar-refractivity contribution < 1.29 is 0 Å². The van der Waals surface area contributed by atoms with Crippen LogP contribution in [0.5, 0.6) is 0 Å². The van der Waals surface area contributed by atoms with Gasteiger partial charge < -0.3 is 0 Å². The van der Waals surface area contributed by atoms with E-state index in [1.165, 1.54) is 153 Å². The molecule has 340 valence electrons. The van der Waals surface area contributed by atoms with Crippen LogP contribution in [0.2, 0.25) is 0 Å². The highest BCUT2D eigenvalue weighted by Gasteiger charge is 2.40. The molecule has 0 fully saturated rings. The van der Waals surface area contributed by atoms with Crippen LogP contribution in [-0.2, 0) is 16.2 Å². The summed E-state index contributed by atoms with van der Waals surface area (Å²) in [5.74, 6) is 0. The van der Waals surface area contributed by atoms with E-state index in [1.807, 2.05) is 0 Å². The van der Waals surface area contributed by atoms with Crippen molar-refractivity contribution in [2.75, 3.05) is 0 Å². The summed E-state index contributed by atoms with van der Waals surface area (Å²) < 4.78 is 0. The third-order valence-electron chi connectivity index (χ3n) is 16.7. The zero-order valence-corrected chi connectivity index (χ0v) is 42.0. The van der Waals surface area contributed by atoms with Gasteiger partial charge in [-0.15, -0.1) is 0 Å².